The lowest BCUT2D eigenvalue weighted by Crippen LogP contribution is -2.26. The summed E-state index contributed by atoms with van der Waals surface area (Å²) in [6.07, 6.45) is 15.4. The molecule has 2 heterocycles. The topological polar surface area (TPSA) is 32.3 Å². The molecule has 0 fully saturated rings. The van der Waals surface area contributed by atoms with E-state index in [1.54, 1.807) is 12.2 Å². The number of unbranched alkanes of at least 4 members (excludes halogenated alkanes) is 2. The van der Waals surface area contributed by atoms with Gasteiger partial charge in [-0.25, -0.2) is 0 Å². The SMILES string of the molecule is C=Cc1ccc(-c2ccc(N(c3ccccc3)c3ccc4c(c3)C(CCCC)(CCCC)c3cc(N(c5ccccc5)c5ccc(-c6ccc(C=C)nc6)cc5)ccc3-4)cc2)cn1.CC.CCC. The number of fused-ring (bicyclic) bond motifs is 3. The molecule has 9 rings (SSSR count). The monoisotopic (exact) mass is 893 g/mol. The zero-order chi connectivity index (χ0) is 47.9. The molecule has 0 unspecified atom stereocenters. The minimum Gasteiger partial charge on any atom is -0.310 e. The number of pyridine rings is 2. The van der Waals surface area contributed by atoms with Crippen LogP contribution in [0.2, 0.25) is 0 Å². The Morgan fingerprint density at radius 1 is 0.426 bits per heavy atom. The van der Waals surface area contributed by atoms with E-state index in [9.17, 15) is 0 Å². The summed E-state index contributed by atoms with van der Waals surface area (Å²) in [5, 5.41) is 0. The van der Waals surface area contributed by atoms with Gasteiger partial charge in [-0.05, 0) is 143 Å². The van der Waals surface area contributed by atoms with Crippen LogP contribution in [0, 0.1) is 0 Å². The molecule has 2 aromatic heterocycles. The lowest BCUT2D eigenvalue weighted by molar-refractivity contribution is 0.414. The molecular weight excluding hydrogens is 825 g/mol. The summed E-state index contributed by atoms with van der Waals surface area (Å²) in [5.41, 5.74) is 18.4. The van der Waals surface area contributed by atoms with E-state index >= 15 is 0 Å². The molecule has 0 saturated carbocycles. The van der Waals surface area contributed by atoms with Gasteiger partial charge in [-0.15, -0.1) is 0 Å². The number of anilines is 6. The lowest BCUT2D eigenvalue weighted by Gasteiger charge is -2.35. The van der Waals surface area contributed by atoms with Crippen molar-refractivity contribution in [3.05, 3.63) is 218 Å². The van der Waals surface area contributed by atoms with E-state index < -0.39 is 0 Å². The number of rotatable bonds is 16. The van der Waals surface area contributed by atoms with Gasteiger partial charge in [-0.1, -0.05) is 172 Å². The Hall–Kier alpha value is -7.30. The molecule has 344 valence electrons. The van der Waals surface area contributed by atoms with Crippen molar-refractivity contribution in [2.75, 3.05) is 9.80 Å². The van der Waals surface area contributed by atoms with Crippen molar-refractivity contribution >= 4 is 46.3 Å². The highest BCUT2D eigenvalue weighted by Gasteiger charge is 2.43. The zero-order valence-corrected chi connectivity index (χ0v) is 41.1. The van der Waals surface area contributed by atoms with Crippen LogP contribution in [0.15, 0.2) is 195 Å². The van der Waals surface area contributed by atoms with Crippen molar-refractivity contribution in [3.8, 4) is 33.4 Å². The number of para-hydroxylation sites is 2. The fourth-order valence-electron chi connectivity index (χ4n) is 9.42. The Bertz CT molecular complexity index is 2630. The molecule has 0 radical (unpaired) electrons. The number of hydrogen-bond acceptors (Lipinski definition) is 4. The summed E-state index contributed by atoms with van der Waals surface area (Å²) in [7, 11) is 0. The van der Waals surface area contributed by atoms with Gasteiger partial charge in [0.15, 0.2) is 0 Å². The van der Waals surface area contributed by atoms with E-state index in [0.29, 0.717) is 0 Å². The second-order valence-electron chi connectivity index (χ2n) is 17.2. The minimum absolute atomic E-state index is 0.143. The van der Waals surface area contributed by atoms with Crippen LogP contribution in [0.25, 0.3) is 45.5 Å². The van der Waals surface area contributed by atoms with Crippen molar-refractivity contribution in [2.24, 2.45) is 0 Å². The minimum atomic E-state index is -0.143. The zero-order valence-electron chi connectivity index (χ0n) is 41.1. The van der Waals surface area contributed by atoms with Gasteiger partial charge in [0.1, 0.15) is 0 Å². The summed E-state index contributed by atoms with van der Waals surface area (Å²) in [5.74, 6) is 0. The van der Waals surface area contributed by atoms with Crippen LogP contribution in [-0.2, 0) is 5.41 Å². The van der Waals surface area contributed by atoms with Gasteiger partial charge >= 0.3 is 0 Å². The molecule has 0 aliphatic heterocycles. The summed E-state index contributed by atoms with van der Waals surface area (Å²) in [4.78, 5) is 13.9. The van der Waals surface area contributed by atoms with Crippen molar-refractivity contribution in [3.63, 3.8) is 0 Å². The quantitative estimate of drug-likeness (QED) is 0.0967. The van der Waals surface area contributed by atoms with E-state index in [-0.39, 0.29) is 5.41 Å². The second-order valence-corrected chi connectivity index (χ2v) is 17.2. The third kappa shape index (κ3) is 10.5. The van der Waals surface area contributed by atoms with E-state index in [1.807, 2.05) is 38.4 Å². The first kappa shape index (κ1) is 48.6. The Balaban J connectivity index is 0.00000132. The Morgan fingerprint density at radius 2 is 0.765 bits per heavy atom. The third-order valence-electron chi connectivity index (χ3n) is 12.7. The van der Waals surface area contributed by atoms with Crippen LogP contribution in [0.4, 0.5) is 34.1 Å². The lowest BCUT2D eigenvalue weighted by atomic mass is 9.70. The predicted octanol–water partition coefficient (Wildman–Crippen LogP) is 19.1. The molecule has 4 nitrogen and oxygen atoms in total. The Morgan fingerprint density at radius 3 is 1.09 bits per heavy atom. The average Bonchev–Trinajstić information content (AvgIpc) is 3.67. The van der Waals surface area contributed by atoms with Gasteiger partial charge in [0.05, 0.1) is 11.4 Å². The first-order chi connectivity index (χ1) is 33.4. The normalized spacial score (nSPS) is 11.7. The molecule has 68 heavy (non-hydrogen) atoms. The van der Waals surface area contributed by atoms with Gasteiger partial charge in [-0.2, -0.15) is 0 Å². The highest BCUT2D eigenvalue weighted by atomic mass is 15.1. The molecule has 1 aliphatic carbocycles. The van der Waals surface area contributed by atoms with Crippen molar-refractivity contribution < 1.29 is 0 Å². The molecule has 0 amide bonds. The average molecular weight is 893 g/mol. The second kappa shape index (κ2) is 23.4. The molecule has 8 aromatic rings. The Labute approximate surface area is 407 Å². The van der Waals surface area contributed by atoms with Crippen LogP contribution < -0.4 is 9.80 Å². The van der Waals surface area contributed by atoms with Crippen molar-refractivity contribution in [1.82, 2.24) is 9.97 Å². The largest absolute Gasteiger partial charge is 0.310 e. The fraction of sp³-hybridized carbons (Fsp3) is 0.219. The first-order valence-electron chi connectivity index (χ1n) is 24.8. The van der Waals surface area contributed by atoms with Crippen LogP contribution in [-0.4, -0.2) is 9.97 Å². The molecular formula is C64H68N4. The summed E-state index contributed by atoms with van der Waals surface area (Å²) >= 11 is 0. The molecule has 1 aliphatic rings. The van der Waals surface area contributed by atoms with E-state index in [4.69, 9.17) is 0 Å². The molecule has 0 saturated heterocycles. The summed E-state index contributed by atoms with van der Waals surface area (Å²) < 4.78 is 0. The van der Waals surface area contributed by atoms with Gasteiger partial charge < -0.3 is 9.80 Å². The summed E-state index contributed by atoms with van der Waals surface area (Å²) in [6.45, 7) is 20.6. The van der Waals surface area contributed by atoms with E-state index in [2.05, 4.69) is 218 Å². The smallest absolute Gasteiger partial charge is 0.0624 e. The molecule has 6 aromatic carbocycles. The van der Waals surface area contributed by atoms with Crippen LogP contribution in [0.3, 0.4) is 0 Å². The van der Waals surface area contributed by atoms with E-state index in [1.165, 1.54) is 28.7 Å². The van der Waals surface area contributed by atoms with Crippen LogP contribution >= 0.6 is 0 Å². The molecule has 0 atom stereocenters. The molecule has 0 bridgehead atoms. The van der Waals surface area contributed by atoms with Crippen molar-refractivity contribution in [2.45, 2.75) is 91.9 Å². The highest BCUT2D eigenvalue weighted by Crippen LogP contribution is 2.57. The van der Waals surface area contributed by atoms with Gasteiger partial charge in [-0.3, -0.25) is 9.97 Å². The third-order valence-corrected chi connectivity index (χ3v) is 12.7. The number of hydrogen-bond donors (Lipinski definition) is 0. The van der Waals surface area contributed by atoms with Crippen LogP contribution in [0.5, 0.6) is 0 Å². The van der Waals surface area contributed by atoms with Gasteiger partial charge in [0.2, 0.25) is 0 Å². The van der Waals surface area contributed by atoms with E-state index in [0.717, 1.165) is 106 Å². The van der Waals surface area contributed by atoms with Crippen LogP contribution in [0.1, 0.15) is 109 Å². The fourth-order valence-corrected chi connectivity index (χ4v) is 9.42. The first-order valence-corrected chi connectivity index (χ1v) is 24.8. The standard InChI is InChI=1S/C59H54N4.C3H8.C2H6/c1-5-9-37-59(38-10-6-2)57-39-53(62(49-17-13-11-14-18-49)51-29-23-43(24-30-51)45-21-27-47(7-3)60-41-45)33-35-55(57)56-36-34-54(40-58(56)59)63(50-19-15-12-16-20-50)52-31-25-44(26-32-52)46-22-28-48(8-4)61-42-46;1-3-2;1-2/h7-8,11-36,39-42H,3-6,9-10,37-38H2,1-2H3;3H2,1-2H3;1-2H3. The number of benzene rings is 6. The highest BCUT2D eigenvalue weighted by molar-refractivity contribution is 5.89. The number of nitrogens with zero attached hydrogens (tertiary/aromatic N) is 4. The maximum atomic E-state index is 4.56. The van der Waals surface area contributed by atoms with Gasteiger partial charge in [0.25, 0.3) is 0 Å². The Kier molecular flexibility index (Phi) is 16.8. The predicted molar refractivity (Wildman–Crippen MR) is 295 cm³/mol. The maximum Gasteiger partial charge on any atom is 0.0624 e. The molecule has 0 N–H and O–H groups in total. The maximum absolute atomic E-state index is 4.56. The summed E-state index contributed by atoms with van der Waals surface area (Å²) in [6, 6.07) is 62.0. The number of aromatic nitrogens is 2. The molecule has 4 heteroatoms. The molecule has 0 spiro atoms. The van der Waals surface area contributed by atoms with Crippen molar-refractivity contribution in [1.29, 1.82) is 0 Å². The van der Waals surface area contributed by atoms with Gasteiger partial charge in [0, 0.05) is 63.1 Å².